The number of pyridine rings is 1. The Hall–Kier alpha value is -1.50. The molecule has 0 amide bonds. The second-order valence-electron chi connectivity index (χ2n) is 3.32. The molecule has 0 fully saturated rings. The van der Waals surface area contributed by atoms with Gasteiger partial charge in [0.1, 0.15) is 6.10 Å². The Bertz CT molecular complexity index is 368. The largest absolute Gasteiger partial charge is 0.481 e. The lowest BCUT2D eigenvalue weighted by Crippen LogP contribution is -2.22. The minimum Gasteiger partial charge on any atom is -0.481 e. The van der Waals surface area contributed by atoms with Crippen molar-refractivity contribution >= 4 is 5.97 Å². The summed E-state index contributed by atoms with van der Waals surface area (Å²) in [6.45, 7) is -0.282. The minimum atomic E-state index is -1.42. The van der Waals surface area contributed by atoms with Crippen molar-refractivity contribution in [1.29, 1.82) is 0 Å². The molecule has 0 aliphatic heterocycles. The number of aliphatic hydroxyl groups excluding tert-OH is 3. The van der Waals surface area contributed by atoms with Crippen LogP contribution in [-0.2, 0) is 11.4 Å². The van der Waals surface area contributed by atoms with E-state index >= 15 is 0 Å². The molecule has 0 radical (unpaired) electrons. The molecule has 0 saturated heterocycles. The van der Waals surface area contributed by atoms with E-state index in [0.717, 1.165) is 0 Å². The van der Waals surface area contributed by atoms with E-state index in [1.807, 2.05) is 0 Å². The second kappa shape index (κ2) is 5.55. The van der Waals surface area contributed by atoms with Crippen LogP contribution in [0.15, 0.2) is 18.2 Å². The minimum absolute atomic E-state index is 0.139. The van der Waals surface area contributed by atoms with Gasteiger partial charge in [-0.2, -0.15) is 0 Å². The first-order chi connectivity index (χ1) is 7.54. The smallest absolute Gasteiger partial charge is 0.306 e. The lowest BCUT2D eigenvalue weighted by molar-refractivity contribution is -0.141. The molecule has 0 aliphatic rings. The van der Waals surface area contributed by atoms with Gasteiger partial charge in [0.2, 0.25) is 0 Å². The third-order valence-corrected chi connectivity index (χ3v) is 2.04. The van der Waals surface area contributed by atoms with Gasteiger partial charge in [-0.3, -0.25) is 9.78 Å². The first-order valence-corrected chi connectivity index (χ1v) is 4.69. The van der Waals surface area contributed by atoms with Gasteiger partial charge in [0, 0.05) is 0 Å². The summed E-state index contributed by atoms with van der Waals surface area (Å²) >= 11 is 0. The molecule has 88 valence electrons. The fourth-order valence-electron chi connectivity index (χ4n) is 1.24. The molecule has 0 aromatic carbocycles. The topological polar surface area (TPSA) is 111 Å². The summed E-state index contributed by atoms with van der Waals surface area (Å²) in [5, 5.41) is 36.2. The van der Waals surface area contributed by atoms with Gasteiger partial charge in [0.05, 0.1) is 30.5 Å². The highest BCUT2D eigenvalue weighted by atomic mass is 16.4. The molecule has 0 spiro atoms. The zero-order valence-corrected chi connectivity index (χ0v) is 8.45. The third kappa shape index (κ3) is 3.27. The molecular formula is C10H13NO5. The molecule has 6 heteroatoms. The van der Waals surface area contributed by atoms with E-state index in [9.17, 15) is 15.0 Å². The van der Waals surface area contributed by atoms with Crippen LogP contribution in [0.3, 0.4) is 0 Å². The number of aliphatic carboxylic acids is 1. The maximum Gasteiger partial charge on any atom is 0.306 e. The van der Waals surface area contributed by atoms with Crippen LogP contribution in [0.5, 0.6) is 0 Å². The Labute approximate surface area is 91.8 Å². The summed E-state index contributed by atoms with van der Waals surface area (Å²) in [5.74, 6) is -1.20. The number of aromatic nitrogens is 1. The molecule has 0 saturated carbocycles. The Morgan fingerprint density at radius 1 is 1.38 bits per heavy atom. The van der Waals surface area contributed by atoms with E-state index in [1.54, 1.807) is 12.1 Å². The summed E-state index contributed by atoms with van der Waals surface area (Å²) in [6, 6.07) is 4.57. The fourth-order valence-corrected chi connectivity index (χ4v) is 1.24. The van der Waals surface area contributed by atoms with Gasteiger partial charge in [-0.15, -0.1) is 0 Å². The monoisotopic (exact) mass is 227 g/mol. The molecule has 1 aromatic heterocycles. The van der Waals surface area contributed by atoms with Crippen LogP contribution in [0, 0.1) is 0 Å². The third-order valence-electron chi connectivity index (χ3n) is 2.04. The summed E-state index contributed by atoms with van der Waals surface area (Å²) in [5.41, 5.74) is 0.486. The number of nitrogens with zero attached hydrogens (tertiary/aromatic N) is 1. The molecule has 0 aliphatic carbocycles. The van der Waals surface area contributed by atoms with Crippen LogP contribution in [0.2, 0.25) is 0 Å². The van der Waals surface area contributed by atoms with E-state index < -0.39 is 24.6 Å². The predicted octanol–water partition coefficient (Wildman–Crippen LogP) is -0.557. The molecule has 6 nitrogen and oxygen atoms in total. The van der Waals surface area contributed by atoms with E-state index in [2.05, 4.69) is 4.98 Å². The van der Waals surface area contributed by atoms with E-state index in [4.69, 9.17) is 10.2 Å². The van der Waals surface area contributed by atoms with Crippen LogP contribution >= 0.6 is 0 Å². The van der Waals surface area contributed by atoms with E-state index in [0.29, 0.717) is 5.69 Å². The van der Waals surface area contributed by atoms with Gasteiger partial charge < -0.3 is 20.4 Å². The van der Waals surface area contributed by atoms with Crippen molar-refractivity contribution in [3.05, 3.63) is 29.6 Å². The van der Waals surface area contributed by atoms with Crippen molar-refractivity contribution in [2.24, 2.45) is 0 Å². The van der Waals surface area contributed by atoms with Crippen LogP contribution in [-0.4, -0.2) is 37.5 Å². The average Bonchev–Trinajstić information content (AvgIpc) is 2.27. The summed E-state index contributed by atoms with van der Waals surface area (Å²) in [4.78, 5) is 14.2. The number of carboxylic acid groups (broad SMARTS) is 1. The van der Waals surface area contributed by atoms with Gasteiger partial charge in [-0.1, -0.05) is 6.07 Å². The lowest BCUT2D eigenvalue weighted by Gasteiger charge is -2.15. The molecule has 2 unspecified atom stereocenters. The van der Waals surface area contributed by atoms with Gasteiger partial charge >= 0.3 is 5.97 Å². The molecule has 0 bridgehead atoms. The maximum absolute atomic E-state index is 10.3. The Morgan fingerprint density at radius 3 is 2.62 bits per heavy atom. The van der Waals surface area contributed by atoms with E-state index in [-0.39, 0.29) is 12.3 Å². The highest BCUT2D eigenvalue weighted by Gasteiger charge is 2.22. The SMILES string of the molecule is O=C(O)CC(O)C(O)c1cccc(CO)n1. The zero-order valence-electron chi connectivity index (χ0n) is 8.45. The standard InChI is InChI=1S/C10H13NO5/c12-5-6-2-1-3-7(11-6)10(16)8(13)4-9(14)15/h1-3,8,10,12-13,16H,4-5H2,(H,14,15). The molecule has 1 rings (SSSR count). The van der Waals surface area contributed by atoms with Crippen LogP contribution in [0.1, 0.15) is 23.9 Å². The second-order valence-corrected chi connectivity index (χ2v) is 3.32. The maximum atomic E-state index is 10.3. The van der Waals surface area contributed by atoms with Gasteiger partial charge in [0.15, 0.2) is 0 Å². The first kappa shape index (κ1) is 12.6. The van der Waals surface area contributed by atoms with Crippen LogP contribution < -0.4 is 0 Å². The summed E-state index contributed by atoms with van der Waals surface area (Å²) in [6.07, 6.45) is -3.35. The van der Waals surface area contributed by atoms with Gasteiger partial charge in [0.25, 0.3) is 0 Å². The number of rotatable bonds is 5. The molecule has 2 atom stereocenters. The van der Waals surface area contributed by atoms with Crippen molar-refractivity contribution < 1.29 is 25.2 Å². The molecule has 16 heavy (non-hydrogen) atoms. The van der Waals surface area contributed by atoms with Gasteiger partial charge in [-0.25, -0.2) is 0 Å². The lowest BCUT2D eigenvalue weighted by atomic mass is 10.1. The van der Waals surface area contributed by atoms with Crippen molar-refractivity contribution in [2.75, 3.05) is 0 Å². The van der Waals surface area contributed by atoms with Gasteiger partial charge in [-0.05, 0) is 12.1 Å². The quantitative estimate of drug-likeness (QED) is 0.536. The van der Waals surface area contributed by atoms with Crippen molar-refractivity contribution in [3.8, 4) is 0 Å². The first-order valence-electron chi connectivity index (χ1n) is 4.69. The number of hydrogen-bond donors (Lipinski definition) is 4. The number of hydrogen-bond acceptors (Lipinski definition) is 5. The molecule has 4 N–H and O–H groups in total. The Morgan fingerprint density at radius 2 is 2.06 bits per heavy atom. The van der Waals surface area contributed by atoms with Crippen molar-refractivity contribution in [3.63, 3.8) is 0 Å². The van der Waals surface area contributed by atoms with Crippen molar-refractivity contribution in [1.82, 2.24) is 4.98 Å². The summed E-state index contributed by atoms with van der Waals surface area (Å²) in [7, 11) is 0. The van der Waals surface area contributed by atoms with E-state index in [1.165, 1.54) is 6.07 Å². The highest BCUT2D eigenvalue weighted by molar-refractivity contribution is 5.67. The Balaban J connectivity index is 2.78. The Kier molecular flexibility index (Phi) is 4.36. The molecule has 1 heterocycles. The predicted molar refractivity (Wildman–Crippen MR) is 53.4 cm³/mol. The molecule has 1 aromatic rings. The van der Waals surface area contributed by atoms with Crippen LogP contribution in [0.25, 0.3) is 0 Å². The van der Waals surface area contributed by atoms with Crippen molar-refractivity contribution in [2.45, 2.75) is 25.2 Å². The highest BCUT2D eigenvalue weighted by Crippen LogP contribution is 2.17. The normalized spacial score (nSPS) is 14.4. The zero-order chi connectivity index (χ0) is 12.1. The van der Waals surface area contributed by atoms with Crippen LogP contribution in [0.4, 0.5) is 0 Å². The number of aliphatic hydroxyl groups is 3. The summed E-state index contributed by atoms with van der Waals surface area (Å²) < 4.78 is 0. The molecular weight excluding hydrogens is 214 g/mol. The number of carboxylic acids is 1. The average molecular weight is 227 g/mol. The number of carbonyl (C=O) groups is 1. The fraction of sp³-hybridized carbons (Fsp3) is 0.400.